The van der Waals surface area contributed by atoms with E-state index in [9.17, 15) is 4.79 Å². The first-order valence-corrected chi connectivity index (χ1v) is 8.40. The molecule has 0 aromatic carbocycles. The third-order valence-corrected chi connectivity index (χ3v) is 5.05. The third-order valence-electron chi connectivity index (χ3n) is 4.11. The van der Waals surface area contributed by atoms with Gasteiger partial charge in [-0.15, -0.1) is 11.3 Å². The Kier molecular flexibility index (Phi) is 4.59. The summed E-state index contributed by atoms with van der Waals surface area (Å²) in [6.45, 7) is 1.38. The molecule has 0 N–H and O–H groups in total. The highest BCUT2D eigenvalue weighted by Gasteiger charge is 2.37. The highest BCUT2D eigenvalue weighted by molar-refractivity contribution is 7.09. The minimum absolute atomic E-state index is 0.0995. The van der Waals surface area contributed by atoms with Crippen LogP contribution in [0.15, 0.2) is 29.9 Å². The molecule has 0 radical (unpaired) electrons. The average molecular weight is 319 g/mol. The largest absolute Gasteiger partial charge is 0.373 e. The van der Waals surface area contributed by atoms with Crippen molar-refractivity contribution < 1.29 is 9.53 Å². The van der Waals surface area contributed by atoms with E-state index in [2.05, 4.69) is 16.5 Å². The van der Waals surface area contributed by atoms with Gasteiger partial charge in [0.1, 0.15) is 0 Å². The van der Waals surface area contributed by atoms with Crippen LogP contribution in [-0.2, 0) is 23.0 Å². The first kappa shape index (κ1) is 15.2. The van der Waals surface area contributed by atoms with Crippen LogP contribution in [0.25, 0.3) is 0 Å². The number of hydrogen-bond donors (Lipinski definition) is 0. The molecular weight excluding hydrogens is 298 g/mol. The molecule has 5 nitrogen and oxygen atoms in total. The van der Waals surface area contributed by atoms with E-state index in [0.717, 1.165) is 24.9 Å². The van der Waals surface area contributed by atoms with Crippen molar-refractivity contribution in [2.75, 3.05) is 20.2 Å². The lowest BCUT2D eigenvalue weighted by atomic mass is 9.96. The Balaban J connectivity index is 1.62. The minimum Gasteiger partial charge on any atom is -0.373 e. The van der Waals surface area contributed by atoms with E-state index in [4.69, 9.17) is 4.74 Å². The standard InChI is InChI=1S/C16H21N3O2S/c1-18(7-5-13-4-3-9-22-13)16(20)14-6-8-21-15(14)12-10-17-19(2)11-12/h3-4,9-11,14-15H,5-8H2,1-2H3/t14-,15+/m0/s1. The van der Waals surface area contributed by atoms with Gasteiger partial charge in [-0.05, 0) is 24.3 Å². The van der Waals surface area contributed by atoms with Crippen LogP contribution in [-0.4, -0.2) is 40.8 Å². The van der Waals surface area contributed by atoms with Crippen LogP contribution in [0, 0.1) is 5.92 Å². The van der Waals surface area contributed by atoms with Crippen molar-refractivity contribution in [2.45, 2.75) is 18.9 Å². The maximum Gasteiger partial charge on any atom is 0.228 e. The van der Waals surface area contributed by atoms with Crippen LogP contribution in [0.2, 0.25) is 0 Å². The zero-order valence-electron chi connectivity index (χ0n) is 12.9. The molecule has 1 fully saturated rings. The summed E-state index contributed by atoms with van der Waals surface area (Å²) < 4.78 is 7.54. The molecular formula is C16H21N3O2S. The Morgan fingerprint density at radius 1 is 1.59 bits per heavy atom. The number of carbonyl (C=O) groups excluding carboxylic acids is 1. The van der Waals surface area contributed by atoms with Crippen LogP contribution in [0.5, 0.6) is 0 Å². The zero-order chi connectivity index (χ0) is 15.5. The van der Waals surface area contributed by atoms with Crippen molar-refractivity contribution >= 4 is 17.2 Å². The van der Waals surface area contributed by atoms with E-state index in [0.29, 0.717) is 6.61 Å². The Labute approximate surface area is 134 Å². The molecule has 2 atom stereocenters. The molecule has 0 unspecified atom stereocenters. The molecule has 1 amide bonds. The molecule has 3 heterocycles. The molecule has 0 aliphatic carbocycles. The quantitative estimate of drug-likeness (QED) is 0.849. The van der Waals surface area contributed by atoms with Gasteiger partial charge in [0.15, 0.2) is 0 Å². The third kappa shape index (κ3) is 3.23. The fraction of sp³-hybridized carbons (Fsp3) is 0.500. The Morgan fingerprint density at radius 2 is 2.45 bits per heavy atom. The molecule has 0 saturated carbocycles. The van der Waals surface area contributed by atoms with E-state index >= 15 is 0 Å². The van der Waals surface area contributed by atoms with Crippen molar-refractivity contribution in [1.82, 2.24) is 14.7 Å². The first-order valence-electron chi connectivity index (χ1n) is 7.52. The second kappa shape index (κ2) is 6.62. The number of amides is 1. The van der Waals surface area contributed by atoms with E-state index < -0.39 is 0 Å². The Hall–Kier alpha value is -1.66. The van der Waals surface area contributed by atoms with Gasteiger partial charge in [0.2, 0.25) is 5.91 Å². The fourth-order valence-corrected chi connectivity index (χ4v) is 3.58. The van der Waals surface area contributed by atoms with E-state index in [1.54, 1.807) is 22.2 Å². The molecule has 1 saturated heterocycles. The van der Waals surface area contributed by atoms with Crippen molar-refractivity contribution in [3.63, 3.8) is 0 Å². The fourth-order valence-electron chi connectivity index (χ4n) is 2.88. The summed E-state index contributed by atoms with van der Waals surface area (Å²) in [5.41, 5.74) is 0.991. The number of thiophene rings is 1. The van der Waals surface area contributed by atoms with Gasteiger partial charge < -0.3 is 9.64 Å². The number of ether oxygens (including phenoxy) is 1. The Morgan fingerprint density at radius 3 is 3.14 bits per heavy atom. The smallest absolute Gasteiger partial charge is 0.228 e. The van der Waals surface area contributed by atoms with Crippen LogP contribution in [0.1, 0.15) is 23.0 Å². The topological polar surface area (TPSA) is 47.4 Å². The lowest BCUT2D eigenvalue weighted by Gasteiger charge is -2.23. The molecule has 0 spiro atoms. The highest BCUT2D eigenvalue weighted by Crippen LogP contribution is 2.35. The second-order valence-electron chi connectivity index (χ2n) is 5.72. The summed E-state index contributed by atoms with van der Waals surface area (Å²) in [5, 5.41) is 6.25. The Bertz CT molecular complexity index is 623. The molecule has 6 heteroatoms. The molecule has 2 aromatic heterocycles. The second-order valence-corrected chi connectivity index (χ2v) is 6.76. The molecule has 2 aromatic rings. The summed E-state index contributed by atoms with van der Waals surface area (Å²) in [6, 6.07) is 4.16. The average Bonchev–Trinajstić information content (AvgIpc) is 3.24. The number of carbonyl (C=O) groups is 1. The number of hydrogen-bond acceptors (Lipinski definition) is 4. The van der Waals surface area contributed by atoms with Crippen molar-refractivity contribution in [2.24, 2.45) is 13.0 Å². The summed E-state index contributed by atoms with van der Waals surface area (Å²) in [4.78, 5) is 15.9. The van der Waals surface area contributed by atoms with Gasteiger partial charge in [-0.3, -0.25) is 9.48 Å². The molecule has 22 heavy (non-hydrogen) atoms. The van der Waals surface area contributed by atoms with Gasteiger partial charge in [0.25, 0.3) is 0 Å². The van der Waals surface area contributed by atoms with E-state index in [-0.39, 0.29) is 17.9 Å². The van der Waals surface area contributed by atoms with E-state index in [1.165, 1.54) is 4.88 Å². The molecule has 1 aliphatic heterocycles. The minimum atomic E-state index is -0.162. The normalized spacial score (nSPS) is 21.2. The van der Waals surface area contributed by atoms with Crippen molar-refractivity contribution in [3.8, 4) is 0 Å². The predicted molar refractivity (Wildman–Crippen MR) is 85.7 cm³/mol. The van der Waals surface area contributed by atoms with Crippen LogP contribution in [0.3, 0.4) is 0 Å². The number of rotatable bonds is 5. The highest BCUT2D eigenvalue weighted by atomic mass is 32.1. The van der Waals surface area contributed by atoms with Gasteiger partial charge in [-0.25, -0.2) is 0 Å². The summed E-state index contributed by atoms with van der Waals surface area (Å²) >= 11 is 1.74. The number of nitrogens with zero attached hydrogens (tertiary/aromatic N) is 3. The number of aryl methyl sites for hydroxylation is 1. The molecule has 0 bridgehead atoms. The summed E-state index contributed by atoms with van der Waals surface area (Å²) in [6.07, 6.45) is 5.25. The lowest BCUT2D eigenvalue weighted by molar-refractivity contribution is -0.136. The SMILES string of the molecule is CN(CCc1cccs1)C(=O)[C@H]1CCO[C@@H]1c1cnn(C)c1. The van der Waals surface area contributed by atoms with Gasteiger partial charge in [-0.2, -0.15) is 5.10 Å². The van der Waals surface area contributed by atoms with Gasteiger partial charge in [0, 0.05) is 43.9 Å². The first-order chi connectivity index (χ1) is 10.6. The van der Waals surface area contributed by atoms with Crippen molar-refractivity contribution in [3.05, 3.63) is 40.3 Å². The predicted octanol–water partition coefficient (Wildman–Crippen LogP) is 2.26. The van der Waals surface area contributed by atoms with E-state index in [1.807, 2.05) is 31.3 Å². The number of likely N-dealkylation sites (N-methyl/N-ethyl adjacent to an activating group) is 1. The van der Waals surface area contributed by atoms with Crippen molar-refractivity contribution in [1.29, 1.82) is 0 Å². The monoisotopic (exact) mass is 319 g/mol. The molecule has 1 aliphatic rings. The van der Waals surface area contributed by atoms with Crippen LogP contribution < -0.4 is 0 Å². The maximum atomic E-state index is 12.7. The maximum absolute atomic E-state index is 12.7. The number of aromatic nitrogens is 2. The zero-order valence-corrected chi connectivity index (χ0v) is 13.8. The summed E-state index contributed by atoms with van der Waals surface area (Å²) in [7, 11) is 3.76. The van der Waals surface area contributed by atoms with Crippen LogP contribution in [0.4, 0.5) is 0 Å². The van der Waals surface area contributed by atoms with Gasteiger partial charge in [-0.1, -0.05) is 6.07 Å². The lowest BCUT2D eigenvalue weighted by Crippen LogP contribution is -2.35. The van der Waals surface area contributed by atoms with Gasteiger partial charge >= 0.3 is 0 Å². The van der Waals surface area contributed by atoms with Crippen LogP contribution >= 0.6 is 11.3 Å². The molecule has 3 rings (SSSR count). The molecule has 118 valence electrons. The summed E-state index contributed by atoms with van der Waals surface area (Å²) in [5.74, 6) is 0.0699. The van der Waals surface area contributed by atoms with Gasteiger partial charge in [0.05, 0.1) is 18.2 Å².